The highest BCUT2D eigenvalue weighted by Crippen LogP contribution is 2.43. The molecule has 3 rings (SSSR count). The van der Waals surface area contributed by atoms with Gasteiger partial charge < -0.3 is 19.9 Å². The number of rotatable bonds is 5. The summed E-state index contributed by atoms with van der Waals surface area (Å²) in [5.74, 6) is 1.27. The number of hydrazone groups is 1. The van der Waals surface area contributed by atoms with Crippen LogP contribution in [0.25, 0.3) is 0 Å². The van der Waals surface area contributed by atoms with E-state index in [-0.39, 0.29) is 17.0 Å². The Hall–Kier alpha value is -2.87. The van der Waals surface area contributed by atoms with E-state index < -0.39 is 0 Å². The highest BCUT2D eigenvalue weighted by atomic mass is 32.1. The van der Waals surface area contributed by atoms with Crippen molar-refractivity contribution in [3.05, 3.63) is 53.3 Å². The van der Waals surface area contributed by atoms with Crippen LogP contribution in [-0.2, 0) is 0 Å². The smallest absolute Gasteiger partial charge is 0.203 e. The number of hydrogen-bond acceptors (Lipinski definition) is 5. The lowest BCUT2D eigenvalue weighted by Gasteiger charge is -2.23. The number of nitrogens with two attached hydrogens (primary N) is 1. The van der Waals surface area contributed by atoms with Gasteiger partial charge in [-0.25, -0.2) is 9.40 Å². The van der Waals surface area contributed by atoms with Gasteiger partial charge in [0, 0.05) is 6.42 Å². The topological polar surface area (TPSA) is 69.3 Å². The van der Waals surface area contributed by atoms with E-state index in [0.29, 0.717) is 23.7 Å². The molecule has 1 atom stereocenters. The monoisotopic (exact) mass is 389 g/mol. The van der Waals surface area contributed by atoms with Crippen LogP contribution in [-0.4, -0.2) is 37.2 Å². The third kappa shape index (κ3) is 3.66. The van der Waals surface area contributed by atoms with Crippen LogP contribution in [0.15, 0.2) is 41.5 Å². The Kier molecular flexibility index (Phi) is 5.46. The SMILES string of the molecule is COc1cc(C2CC(c3ccc(F)cc3)=NN2C(N)=S)cc(OC)c1OC. The number of nitrogens with zero attached hydrogens (tertiary/aromatic N) is 2. The second-order valence-electron chi connectivity index (χ2n) is 5.91. The summed E-state index contributed by atoms with van der Waals surface area (Å²) in [7, 11) is 4.66. The molecule has 142 valence electrons. The van der Waals surface area contributed by atoms with Crippen molar-refractivity contribution in [2.45, 2.75) is 12.5 Å². The summed E-state index contributed by atoms with van der Waals surface area (Å²) < 4.78 is 29.5. The first-order valence-corrected chi connectivity index (χ1v) is 8.61. The normalized spacial score (nSPS) is 16.1. The van der Waals surface area contributed by atoms with E-state index in [1.807, 2.05) is 12.1 Å². The summed E-state index contributed by atoms with van der Waals surface area (Å²) in [5, 5.41) is 6.27. The average molecular weight is 389 g/mol. The Bertz CT molecular complexity index is 861. The van der Waals surface area contributed by atoms with Gasteiger partial charge in [0.2, 0.25) is 5.75 Å². The number of methoxy groups -OCH3 is 3. The Morgan fingerprint density at radius 2 is 1.70 bits per heavy atom. The second-order valence-corrected chi connectivity index (χ2v) is 6.33. The van der Waals surface area contributed by atoms with Gasteiger partial charge in [-0.15, -0.1) is 0 Å². The third-order valence-corrected chi connectivity index (χ3v) is 4.57. The molecule has 1 heterocycles. The molecule has 0 aliphatic carbocycles. The van der Waals surface area contributed by atoms with Gasteiger partial charge in [-0.1, -0.05) is 12.1 Å². The molecule has 1 aliphatic rings. The first-order chi connectivity index (χ1) is 13.0. The van der Waals surface area contributed by atoms with E-state index in [1.165, 1.54) is 12.1 Å². The van der Waals surface area contributed by atoms with Crippen molar-refractivity contribution >= 4 is 23.0 Å². The zero-order valence-electron chi connectivity index (χ0n) is 15.2. The van der Waals surface area contributed by atoms with Gasteiger partial charge >= 0.3 is 0 Å². The van der Waals surface area contributed by atoms with Crippen molar-refractivity contribution in [3.8, 4) is 17.2 Å². The predicted octanol–water partition coefficient (Wildman–Crippen LogP) is 3.25. The molecular weight excluding hydrogens is 369 g/mol. The zero-order valence-corrected chi connectivity index (χ0v) is 16.0. The fraction of sp³-hybridized carbons (Fsp3) is 0.263. The van der Waals surface area contributed by atoms with Crippen molar-refractivity contribution in [1.82, 2.24) is 5.01 Å². The van der Waals surface area contributed by atoms with Gasteiger partial charge in [-0.3, -0.25) is 0 Å². The van der Waals surface area contributed by atoms with Crippen LogP contribution >= 0.6 is 12.2 Å². The Morgan fingerprint density at radius 3 is 2.19 bits per heavy atom. The lowest BCUT2D eigenvalue weighted by atomic mass is 9.98. The van der Waals surface area contributed by atoms with Crippen molar-refractivity contribution in [3.63, 3.8) is 0 Å². The average Bonchev–Trinajstić information content (AvgIpc) is 3.13. The molecule has 2 aromatic rings. The largest absolute Gasteiger partial charge is 0.493 e. The van der Waals surface area contributed by atoms with Crippen LogP contribution < -0.4 is 19.9 Å². The molecule has 0 bridgehead atoms. The summed E-state index contributed by atoms with van der Waals surface area (Å²) in [5.41, 5.74) is 8.33. The number of ether oxygens (including phenoxy) is 3. The quantitative estimate of drug-likeness (QED) is 0.792. The molecule has 2 N–H and O–H groups in total. The lowest BCUT2D eigenvalue weighted by molar-refractivity contribution is 0.319. The molecule has 0 spiro atoms. The summed E-state index contributed by atoms with van der Waals surface area (Å²) >= 11 is 5.18. The molecule has 0 saturated heterocycles. The zero-order chi connectivity index (χ0) is 19.6. The molecule has 6 nitrogen and oxygen atoms in total. The minimum atomic E-state index is -0.301. The first-order valence-electron chi connectivity index (χ1n) is 8.20. The molecule has 2 aromatic carbocycles. The predicted molar refractivity (Wildman–Crippen MR) is 105 cm³/mol. The highest BCUT2D eigenvalue weighted by Gasteiger charge is 2.32. The molecule has 0 radical (unpaired) electrons. The van der Waals surface area contributed by atoms with Crippen LogP contribution in [0.3, 0.4) is 0 Å². The number of halogens is 1. The van der Waals surface area contributed by atoms with E-state index in [2.05, 4.69) is 5.10 Å². The van der Waals surface area contributed by atoms with Gasteiger partial charge in [-0.05, 0) is 47.6 Å². The Morgan fingerprint density at radius 1 is 1.11 bits per heavy atom. The first kappa shape index (κ1) is 18.9. The summed E-state index contributed by atoms with van der Waals surface area (Å²) in [6.45, 7) is 0. The summed E-state index contributed by atoms with van der Waals surface area (Å²) in [6.07, 6.45) is 0.543. The third-order valence-electron chi connectivity index (χ3n) is 4.39. The van der Waals surface area contributed by atoms with Crippen LogP contribution in [0.5, 0.6) is 17.2 Å². The Labute approximate surface area is 162 Å². The molecule has 0 aromatic heterocycles. The molecule has 1 unspecified atom stereocenters. The molecule has 0 amide bonds. The maximum atomic E-state index is 13.2. The van der Waals surface area contributed by atoms with Crippen molar-refractivity contribution in [1.29, 1.82) is 0 Å². The minimum absolute atomic E-state index is 0.144. The molecular formula is C19H20FN3O3S. The highest BCUT2D eigenvalue weighted by molar-refractivity contribution is 7.80. The van der Waals surface area contributed by atoms with Gasteiger partial charge in [-0.2, -0.15) is 5.10 Å². The van der Waals surface area contributed by atoms with Gasteiger partial charge in [0.25, 0.3) is 0 Å². The molecule has 8 heteroatoms. The summed E-state index contributed by atoms with van der Waals surface area (Å²) in [6, 6.07) is 9.62. The standard InChI is InChI=1S/C19H20FN3O3S/c1-24-16-8-12(9-17(25-2)18(16)26-3)15-10-14(22-23(15)19(21)27)11-4-6-13(20)7-5-11/h4-9,15H,10H2,1-3H3,(H2,21,27). The lowest BCUT2D eigenvalue weighted by Crippen LogP contribution is -2.31. The maximum Gasteiger partial charge on any atom is 0.203 e. The van der Waals surface area contributed by atoms with Gasteiger partial charge in [0.15, 0.2) is 16.6 Å². The fourth-order valence-corrected chi connectivity index (χ4v) is 3.25. The van der Waals surface area contributed by atoms with E-state index in [4.69, 9.17) is 32.2 Å². The van der Waals surface area contributed by atoms with Crippen LogP contribution in [0, 0.1) is 5.82 Å². The number of benzene rings is 2. The fourth-order valence-electron chi connectivity index (χ4n) is 3.08. The van der Waals surface area contributed by atoms with Gasteiger partial charge in [0.1, 0.15) is 5.82 Å². The molecule has 0 saturated carbocycles. The van der Waals surface area contributed by atoms with Crippen LogP contribution in [0.2, 0.25) is 0 Å². The summed E-state index contributed by atoms with van der Waals surface area (Å²) in [4.78, 5) is 0. The van der Waals surface area contributed by atoms with Crippen LogP contribution in [0.1, 0.15) is 23.6 Å². The van der Waals surface area contributed by atoms with Crippen LogP contribution in [0.4, 0.5) is 4.39 Å². The maximum absolute atomic E-state index is 13.2. The van der Waals surface area contributed by atoms with E-state index in [1.54, 1.807) is 38.5 Å². The van der Waals surface area contributed by atoms with Crippen molar-refractivity contribution in [2.24, 2.45) is 10.8 Å². The number of thiocarbonyl (C=S) groups is 1. The van der Waals surface area contributed by atoms with Crippen molar-refractivity contribution in [2.75, 3.05) is 21.3 Å². The number of hydrogen-bond donors (Lipinski definition) is 1. The van der Waals surface area contributed by atoms with Gasteiger partial charge in [0.05, 0.1) is 33.1 Å². The molecule has 27 heavy (non-hydrogen) atoms. The van der Waals surface area contributed by atoms with E-state index in [9.17, 15) is 4.39 Å². The minimum Gasteiger partial charge on any atom is -0.493 e. The van der Waals surface area contributed by atoms with E-state index in [0.717, 1.165) is 16.8 Å². The Balaban J connectivity index is 2.01. The van der Waals surface area contributed by atoms with E-state index >= 15 is 0 Å². The molecule has 0 fully saturated rings. The second kappa shape index (κ2) is 7.79. The van der Waals surface area contributed by atoms with Crippen molar-refractivity contribution < 1.29 is 18.6 Å². The molecule has 1 aliphatic heterocycles.